The smallest absolute Gasteiger partial charge is 0.273 e. The van der Waals surface area contributed by atoms with E-state index in [1.54, 1.807) is 6.92 Å². The minimum atomic E-state index is -0.241. The summed E-state index contributed by atoms with van der Waals surface area (Å²) in [5, 5.41) is 12.0. The molecule has 1 atom stereocenters. The van der Waals surface area contributed by atoms with Crippen molar-refractivity contribution in [3.8, 4) is 5.69 Å². The van der Waals surface area contributed by atoms with Crippen molar-refractivity contribution in [1.29, 1.82) is 0 Å². The molecule has 1 aliphatic heterocycles. The Hall–Kier alpha value is -2.97. The summed E-state index contributed by atoms with van der Waals surface area (Å²) in [5.41, 5.74) is 4.02. The Morgan fingerprint density at radius 1 is 1.10 bits per heavy atom. The molecule has 3 aromatic rings. The molecule has 1 N–H and O–H groups in total. The number of furan rings is 1. The van der Waals surface area contributed by atoms with Gasteiger partial charge in [0.15, 0.2) is 5.69 Å². The molecule has 2 aromatic heterocycles. The second kappa shape index (κ2) is 9.03. The van der Waals surface area contributed by atoms with E-state index < -0.39 is 0 Å². The van der Waals surface area contributed by atoms with Gasteiger partial charge in [-0.3, -0.25) is 9.69 Å². The van der Waals surface area contributed by atoms with Gasteiger partial charge >= 0.3 is 0 Å². The monoisotopic (exact) mass is 423 g/mol. The molecule has 1 fully saturated rings. The summed E-state index contributed by atoms with van der Waals surface area (Å²) in [4.78, 5) is 16.8. The maximum atomic E-state index is 13.0. The Morgan fingerprint density at radius 2 is 1.87 bits per heavy atom. The number of nitrogens with zero attached hydrogens (tertiary/aromatic N) is 4. The Bertz CT molecular complexity index is 1070. The standard InChI is InChI=1S/C23H29N5O3/c1-15-5-7-19(16(2)13-15)28-25-18(4)22(26-28)23(29)24-14-20(21-8-6-17(3)31-21)27-9-11-30-12-10-27/h5-8,13,20H,9-12,14H2,1-4H3,(H,24,29). The van der Waals surface area contributed by atoms with Gasteiger partial charge < -0.3 is 14.5 Å². The third-order valence-electron chi connectivity index (χ3n) is 5.60. The summed E-state index contributed by atoms with van der Waals surface area (Å²) < 4.78 is 11.4. The number of amides is 1. The SMILES string of the molecule is Cc1ccc(-n2nc(C)c(C(=O)NCC(c3ccc(C)o3)N3CCOCC3)n2)c(C)c1. The minimum Gasteiger partial charge on any atom is -0.465 e. The maximum absolute atomic E-state index is 13.0. The van der Waals surface area contributed by atoms with E-state index in [2.05, 4.69) is 26.5 Å². The predicted molar refractivity (Wildman–Crippen MR) is 116 cm³/mol. The van der Waals surface area contributed by atoms with Gasteiger partial charge in [0.25, 0.3) is 5.91 Å². The Kier molecular flexibility index (Phi) is 6.20. The van der Waals surface area contributed by atoms with Crippen molar-refractivity contribution < 1.29 is 13.9 Å². The van der Waals surface area contributed by atoms with Crippen molar-refractivity contribution in [1.82, 2.24) is 25.2 Å². The average Bonchev–Trinajstić information content (AvgIpc) is 3.34. The number of benzene rings is 1. The van der Waals surface area contributed by atoms with Crippen LogP contribution in [-0.4, -0.2) is 58.6 Å². The number of rotatable bonds is 6. The molecule has 0 bridgehead atoms. The first-order valence-electron chi connectivity index (χ1n) is 10.6. The Balaban J connectivity index is 1.51. The highest BCUT2D eigenvalue weighted by atomic mass is 16.5. The van der Waals surface area contributed by atoms with E-state index in [9.17, 15) is 4.79 Å². The molecule has 8 nitrogen and oxygen atoms in total. The maximum Gasteiger partial charge on any atom is 0.273 e. The van der Waals surface area contributed by atoms with Gasteiger partial charge in [-0.05, 0) is 51.5 Å². The summed E-state index contributed by atoms with van der Waals surface area (Å²) in [7, 11) is 0. The minimum absolute atomic E-state index is 0.0590. The molecule has 1 aromatic carbocycles. The lowest BCUT2D eigenvalue weighted by molar-refractivity contribution is 0.0116. The van der Waals surface area contributed by atoms with Crippen LogP contribution in [0.2, 0.25) is 0 Å². The molecule has 3 heterocycles. The predicted octanol–water partition coefficient (Wildman–Crippen LogP) is 2.90. The molecule has 1 saturated heterocycles. The Labute approximate surface area is 182 Å². The van der Waals surface area contributed by atoms with Gasteiger partial charge in [0.1, 0.15) is 11.5 Å². The lowest BCUT2D eigenvalue weighted by Gasteiger charge is -2.33. The molecule has 164 valence electrons. The molecule has 1 aliphatic rings. The van der Waals surface area contributed by atoms with Crippen LogP contribution in [0, 0.1) is 27.7 Å². The summed E-state index contributed by atoms with van der Waals surface area (Å²) in [5.74, 6) is 1.46. The van der Waals surface area contributed by atoms with Gasteiger partial charge in [0.2, 0.25) is 0 Å². The second-order valence-corrected chi connectivity index (χ2v) is 8.04. The number of aromatic nitrogens is 3. The molecule has 0 spiro atoms. The first-order valence-corrected chi connectivity index (χ1v) is 10.6. The third kappa shape index (κ3) is 4.70. The molecular weight excluding hydrogens is 394 g/mol. The highest BCUT2D eigenvalue weighted by Crippen LogP contribution is 2.23. The molecule has 0 radical (unpaired) electrons. The number of carbonyl (C=O) groups is 1. The zero-order valence-electron chi connectivity index (χ0n) is 18.5. The molecule has 1 unspecified atom stereocenters. The number of carbonyl (C=O) groups excluding carboxylic acids is 1. The van der Waals surface area contributed by atoms with Crippen LogP contribution in [0.15, 0.2) is 34.7 Å². The fraction of sp³-hybridized carbons (Fsp3) is 0.435. The van der Waals surface area contributed by atoms with Crippen molar-refractivity contribution in [3.63, 3.8) is 0 Å². The average molecular weight is 424 g/mol. The van der Waals surface area contributed by atoms with Crippen LogP contribution >= 0.6 is 0 Å². The van der Waals surface area contributed by atoms with E-state index in [4.69, 9.17) is 9.15 Å². The second-order valence-electron chi connectivity index (χ2n) is 8.04. The summed E-state index contributed by atoms with van der Waals surface area (Å²) in [6, 6.07) is 9.93. The quantitative estimate of drug-likeness (QED) is 0.656. The van der Waals surface area contributed by atoms with Crippen molar-refractivity contribution in [2.75, 3.05) is 32.8 Å². The molecule has 0 aliphatic carbocycles. The molecular formula is C23H29N5O3. The van der Waals surface area contributed by atoms with Crippen molar-refractivity contribution in [2.45, 2.75) is 33.7 Å². The molecule has 31 heavy (non-hydrogen) atoms. The number of morpholine rings is 1. The van der Waals surface area contributed by atoms with Crippen LogP contribution in [-0.2, 0) is 4.74 Å². The van der Waals surface area contributed by atoms with Gasteiger partial charge in [-0.2, -0.15) is 9.90 Å². The lowest BCUT2D eigenvalue weighted by Crippen LogP contribution is -2.43. The fourth-order valence-corrected chi connectivity index (χ4v) is 3.93. The van der Waals surface area contributed by atoms with E-state index in [-0.39, 0.29) is 11.9 Å². The van der Waals surface area contributed by atoms with Gasteiger partial charge in [-0.25, -0.2) is 0 Å². The highest BCUT2D eigenvalue weighted by Gasteiger charge is 2.27. The normalized spacial score (nSPS) is 15.7. The van der Waals surface area contributed by atoms with Crippen LogP contribution in [0.1, 0.15) is 44.9 Å². The summed E-state index contributed by atoms with van der Waals surface area (Å²) in [6.07, 6.45) is 0. The topological polar surface area (TPSA) is 85.4 Å². The van der Waals surface area contributed by atoms with Crippen molar-refractivity contribution in [3.05, 3.63) is 64.4 Å². The van der Waals surface area contributed by atoms with Crippen LogP contribution < -0.4 is 5.32 Å². The largest absolute Gasteiger partial charge is 0.465 e. The number of aryl methyl sites for hydroxylation is 4. The molecule has 4 rings (SSSR count). The number of hydrogen-bond donors (Lipinski definition) is 1. The van der Waals surface area contributed by atoms with Crippen LogP contribution in [0.4, 0.5) is 0 Å². The van der Waals surface area contributed by atoms with Gasteiger partial charge in [-0.1, -0.05) is 17.7 Å². The van der Waals surface area contributed by atoms with Crippen LogP contribution in [0.3, 0.4) is 0 Å². The van der Waals surface area contributed by atoms with Gasteiger partial charge in [0.05, 0.1) is 30.6 Å². The number of hydrogen-bond acceptors (Lipinski definition) is 6. The molecule has 0 saturated carbocycles. The van der Waals surface area contributed by atoms with Crippen LogP contribution in [0.25, 0.3) is 5.69 Å². The van der Waals surface area contributed by atoms with E-state index >= 15 is 0 Å². The molecule has 1 amide bonds. The van der Waals surface area contributed by atoms with Gasteiger partial charge in [0, 0.05) is 19.6 Å². The van der Waals surface area contributed by atoms with Gasteiger partial charge in [-0.15, -0.1) is 5.10 Å². The third-order valence-corrected chi connectivity index (χ3v) is 5.60. The first-order chi connectivity index (χ1) is 14.9. The zero-order valence-corrected chi connectivity index (χ0v) is 18.5. The van der Waals surface area contributed by atoms with Crippen molar-refractivity contribution in [2.24, 2.45) is 0 Å². The van der Waals surface area contributed by atoms with E-state index in [0.29, 0.717) is 31.1 Å². The first kappa shape index (κ1) is 21.3. The summed E-state index contributed by atoms with van der Waals surface area (Å²) >= 11 is 0. The van der Waals surface area contributed by atoms with Crippen LogP contribution in [0.5, 0.6) is 0 Å². The van der Waals surface area contributed by atoms with E-state index in [1.807, 2.05) is 45.0 Å². The zero-order chi connectivity index (χ0) is 22.0. The number of nitrogens with one attached hydrogen (secondary N) is 1. The van der Waals surface area contributed by atoms with E-state index in [1.165, 1.54) is 10.4 Å². The molecule has 8 heteroatoms. The number of ether oxygens (including phenoxy) is 1. The summed E-state index contributed by atoms with van der Waals surface area (Å²) in [6.45, 7) is 11.1. The lowest BCUT2D eigenvalue weighted by atomic mass is 10.1. The van der Waals surface area contributed by atoms with Crippen molar-refractivity contribution >= 4 is 5.91 Å². The highest BCUT2D eigenvalue weighted by molar-refractivity contribution is 5.93. The fourth-order valence-electron chi connectivity index (χ4n) is 3.93. The Morgan fingerprint density at radius 3 is 2.55 bits per heavy atom. The van der Waals surface area contributed by atoms with E-state index in [0.717, 1.165) is 35.9 Å².